The molecule has 0 heterocycles. The van der Waals surface area contributed by atoms with Crippen LogP contribution in [0.25, 0.3) is 0 Å². The van der Waals surface area contributed by atoms with Crippen LogP contribution in [0, 0.1) is 0 Å². The molecule has 1 amide bonds. The van der Waals surface area contributed by atoms with E-state index in [1.807, 2.05) is 6.92 Å². The van der Waals surface area contributed by atoms with Crippen molar-refractivity contribution in [3.8, 4) is 0 Å². The molecular weight excluding hydrogens is 234 g/mol. The molecule has 0 radical (unpaired) electrons. The molecule has 1 saturated carbocycles. The molecule has 0 bridgehead atoms. The van der Waals surface area contributed by atoms with Gasteiger partial charge in [0.25, 0.3) is 0 Å². The van der Waals surface area contributed by atoms with E-state index in [-0.39, 0.29) is 18.1 Å². The fraction of sp³-hybridized carbons (Fsp3) is 0.889. The predicted molar refractivity (Wildman–Crippen MR) is 55.0 cm³/mol. The van der Waals surface area contributed by atoms with E-state index >= 15 is 0 Å². The van der Waals surface area contributed by atoms with Gasteiger partial charge in [0.15, 0.2) is 0 Å². The quantitative estimate of drug-likeness (QED) is 0.572. The molecule has 1 fully saturated rings. The first-order valence-corrected chi connectivity index (χ1v) is 5.79. The molecule has 13 heavy (non-hydrogen) atoms. The van der Waals surface area contributed by atoms with Crippen LogP contribution in [-0.4, -0.2) is 30.0 Å². The second-order valence-corrected chi connectivity index (χ2v) is 4.08. The van der Waals surface area contributed by atoms with Gasteiger partial charge in [-0.2, -0.15) is 0 Å². The molecule has 76 valence electrons. The molecule has 0 unspecified atom stereocenters. The molecule has 0 aromatic rings. The predicted octanol–water partition coefficient (Wildman–Crippen LogP) is 1.46. The second-order valence-electron chi connectivity index (χ2n) is 3.51. The van der Waals surface area contributed by atoms with Gasteiger partial charge in [0.05, 0.1) is 0 Å². The highest BCUT2D eigenvalue weighted by Gasteiger charge is 2.42. The summed E-state index contributed by atoms with van der Waals surface area (Å²) in [5.41, 5.74) is 0.0483. The Morgan fingerprint density at radius 3 is 2.77 bits per heavy atom. The van der Waals surface area contributed by atoms with E-state index in [2.05, 4.69) is 21.2 Å². The van der Waals surface area contributed by atoms with Crippen molar-refractivity contribution in [1.82, 2.24) is 5.32 Å². The number of halogens is 1. The number of hydrogen-bond acceptors (Lipinski definition) is 2. The van der Waals surface area contributed by atoms with E-state index in [0.717, 1.165) is 24.6 Å². The van der Waals surface area contributed by atoms with Crippen LogP contribution in [0.1, 0.15) is 26.2 Å². The smallest absolute Gasteiger partial charge is 0.246 e. The number of carbonyl (C=O) groups is 1. The Kier molecular flexibility index (Phi) is 4.19. The topological polar surface area (TPSA) is 38.3 Å². The van der Waals surface area contributed by atoms with Gasteiger partial charge in [-0.05, 0) is 19.3 Å². The lowest BCUT2D eigenvalue weighted by atomic mass is 10.3. The Hall–Kier alpha value is -0.0900. The van der Waals surface area contributed by atoms with Gasteiger partial charge in [-0.3, -0.25) is 4.79 Å². The Labute approximate surface area is 87.3 Å². The van der Waals surface area contributed by atoms with E-state index in [0.29, 0.717) is 6.61 Å². The molecule has 1 aliphatic rings. The average Bonchev–Trinajstić information content (AvgIpc) is 2.86. The lowest BCUT2D eigenvalue weighted by molar-refractivity contribution is -0.126. The lowest BCUT2D eigenvalue weighted by Gasteiger charge is -2.13. The van der Waals surface area contributed by atoms with Crippen LogP contribution < -0.4 is 5.32 Å². The normalized spacial score (nSPS) is 18.3. The number of hydrogen-bond donors (Lipinski definition) is 1. The summed E-state index contributed by atoms with van der Waals surface area (Å²) < 4.78 is 5.14. The second kappa shape index (κ2) is 4.96. The summed E-state index contributed by atoms with van der Waals surface area (Å²) in [7, 11) is 0. The van der Waals surface area contributed by atoms with Gasteiger partial charge in [-0.15, -0.1) is 0 Å². The zero-order valence-corrected chi connectivity index (χ0v) is 9.52. The van der Waals surface area contributed by atoms with Crippen molar-refractivity contribution < 1.29 is 9.53 Å². The molecule has 0 aromatic carbocycles. The molecule has 0 aromatic heterocycles. The molecule has 1 rings (SSSR count). The first kappa shape index (κ1) is 11.0. The van der Waals surface area contributed by atoms with Crippen molar-refractivity contribution in [2.45, 2.75) is 31.7 Å². The van der Waals surface area contributed by atoms with Crippen molar-refractivity contribution in [3.63, 3.8) is 0 Å². The fourth-order valence-electron chi connectivity index (χ4n) is 1.08. The molecule has 0 aliphatic heterocycles. The summed E-state index contributed by atoms with van der Waals surface area (Å²) in [5, 5.41) is 3.81. The van der Waals surface area contributed by atoms with Gasteiger partial charge < -0.3 is 10.1 Å². The third kappa shape index (κ3) is 3.65. The SMILES string of the molecule is CCCOCC(=O)NC1(CBr)CC1. The largest absolute Gasteiger partial charge is 0.372 e. The molecule has 1 N–H and O–H groups in total. The number of amides is 1. The number of carbonyl (C=O) groups excluding carboxylic acids is 1. The van der Waals surface area contributed by atoms with Crippen molar-refractivity contribution in [2.24, 2.45) is 0 Å². The maximum absolute atomic E-state index is 11.3. The van der Waals surface area contributed by atoms with Crippen LogP contribution in [0.2, 0.25) is 0 Å². The highest BCUT2D eigenvalue weighted by molar-refractivity contribution is 9.09. The third-order valence-corrected chi connectivity index (χ3v) is 3.17. The minimum absolute atomic E-state index is 0.00500. The summed E-state index contributed by atoms with van der Waals surface area (Å²) in [5.74, 6) is 0.00500. The van der Waals surface area contributed by atoms with Crippen LogP contribution in [0.15, 0.2) is 0 Å². The van der Waals surface area contributed by atoms with Crippen LogP contribution in [0.4, 0.5) is 0 Å². The summed E-state index contributed by atoms with van der Waals surface area (Å²) in [6, 6.07) is 0. The molecule has 1 aliphatic carbocycles. The van der Waals surface area contributed by atoms with E-state index < -0.39 is 0 Å². The Morgan fingerprint density at radius 1 is 1.62 bits per heavy atom. The third-order valence-electron chi connectivity index (χ3n) is 2.10. The Morgan fingerprint density at radius 2 is 2.31 bits per heavy atom. The Balaban J connectivity index is 2.11. The van der Waals surface area contributed by atoms with Gasteiger partial charge in [0.2, 0.25) is 5.91 Å². The maximum Gasteiger partial charge on any atom is 0.246 e. The van der Waals surface area contributed by atoms with E-state index in [9.17, 15) is 4.79 Å². The first-order chi connectivity index (χ1) is 6.22. The molecule has 0 atom stereocenters. The van der Waals surface area contributed by atoms with Gasteiger partial charge in [0.1, 0.15) is 6.61 Å². The highest BCUT2D eigenvalue weighted by atomic mass is 79.9. The van der Waals surface area contributed by atoms with Crippen LogP contribution in [-0.2, 0) is 9.53 Å². The number of nitrogens with one attached hydrogen (secondary N) is 1. The lowest BCUT2D eigenvalue weighted by Crippen LogP contribution is -2.40. The highest BCUT2D eigenvalue weighted by Crippen LogP contribution is 2.36. The van der Waals surface area contributed by atoms with Crippen LogP contribution >= 0.6 is 15.9 Å². The molecule has 4 heteroatoms. The van der Waals surface area contributed by atoms with E-state index in [1.165, 1.54) is 0 Å². The summed E-state index contributed by atoms with van der Waals surface area (Å²) in [4.78, 5) is 11.3. The molecule has 0 saturated heterocycles. The summed E-state index contributed by atoms with van der Waals surface area (Å²) in [6.07, 6.45) is 3.12. The first-order valence-electron chi connectivity index (χ1n) is 4.67. The number of alkyl halides is 1. The minimum Gasteiger partial charge on any atom is -0.372 e. The van der Waals surface area contributed by atoms with Crippen molar-refractivity contribution in [3.05, 3.63) is 0 Å². The average molecular weight is 250 g/mol. The van der Waals surface area contributed by atoms with Crippen molar-refractivity contribution in [2.75, 3.05) is 18.5 Å². The minimum atomic E-state index is 0.00500. The van der Waals surface area contributed by atoms with E-state index in [1.54, 1.807) is 0 Å². The molecular formula is C9H16BrNO2. The van der Waals surface area contributed by atoms with Crippen LogP contribution in [0.5, 0.6) is 0 Å². The zero-order valence-electron chi connectivity index (χ0n) is 7.94. The standard InChI is InChI=1S/C9H16BrNO2/c1-2-5-13-6-8(12)11-9(7-10)3-4-9/h2-7H2,1H3,(H,11,12). The monoisotopic (exact) mass is 249 g/mol. The van der Waals surface area contributed by atoms with Gasteiger partial charge in [-0.1, -0.05) is 22.9 Å². The zero-order chi connectivity index (χ0) is 9.73. The van der Waals surface area contributed by atoms with Gasteiger partial charge in [0, 0.05) is 17.5 Å². The Bertz CT molecular complexity index is 180. The van der Waals surface area contributed by atoms with Gasteiger partial charge >= 0.3 is 0 Å². The number of rotatable bonds is 6. The van der Waals surface area contributed by atoms with Gasteiger partial charge in [-0.25, -0.2) is 0 Å². The molecule has 3 nitrogen and oxygen atoms in total. The van der Waals surface area contributed by atoms with Crippen molar-refractivity contribution >= 4 is 21.8 Å². The maximum atomic E-state index is 11.3. The summed E-state index contributed by atoms with van der Waals surface area (Å²) >= 11 is 3.39. The molecule has 0 spiro atoms. The number of ether oxygens (including phenoxy) is 1. The fourth-order valence-corrected chi connectivity index (χ4v) is 1.78. The van der Waals surface area contributed by atoms with Crippen molar-refractivity contribution in [1.29, 1.82) is 0 Å². The van der Waals surface area contributed by atoms with Crippen LogP contribution in [0.3, 0.4) is 0 Å². The summed E-state index contributed by atoms with van der Waals surface area (Å²) in [6.45, 7) is 2.89. The van der Waals surface area contributed by atoms with E-state index in [4.69, 9.17) is 4.74 Å².